The van der Waals surface area contributed by atoms with Crippen molar-refractivity contribution in [2.45, 2.75) is 12.3 Å². The van der Waals surface area contributed by atoms with Crippen molar-refractivity contribution in [1.29, 1.82) is 0 Å². The maximum absolute atomic E-state index is 5.35. The van der Waals surface area contributed by atoms with Gasteiger partial charge >= 0.3 is 0 Å². The highest BCUT2D eigenvalue weighted by Gasteiger charge is 2.22. The van der Waals surface area contributed by atoms with Crippen LogP contribution < -0.4 is 5.32 Å². The van der Waals surface area contributed by atoms with E-state index in [4.69, 9.17) is 9.47 Å². The molecule has 0 saturated heterocycles. The van der Waals surface area contributed by atoms with Crippen molar-refractivity contribution in [3.63, 3.8) is 0 Å². The van der Waals surface area contributed by atoms with E-state index in [1.165, 1.54) is 0 Å². The van der Waals surface area contributed by atoms with Crippen molar-refractivity contribution in [2.24, 2.45) is 0 Å². The Morgan fingerprint density at radius 2 is 1.89 bits per heavy atom. The molecule has 18 heavy (non-hydrogen) atoms. The number of rotatable bonds is 5. The fourth-order valence-electron chi connectivity index (χ4n) is 2.20. The molecule has 1 heterocycles. The Morgan fingerprint density at radius 1 is 1.11 bits per heavy atom. The first-order valence-electron chi connectivity index (χ1n) is 5.88. The molecule has 0 aliphatic carbocycles. The van der Waals surface area contributed by atoms with Crippen molar-refractivity contribution in [3.05, 3.63) is 42.1 Å². The van der Waals surface area contributed by atoms with Gasteiger partial charge in [-0.1, -0.05) is 18.2 Å². The number of hydrogen-bond acceptors (Lipinski definition) is 4. The van der Waals surface area contributed by atoms with Crippen LogP contribution in [0.4, 0.5) is 0 Å². The first-order valence-corrected chi connectivity index (χ1v) is 5.88. The minimum Gasteiger partial charge on any atom is -0.354 e. The molecular weight excluding hydrogens is 228 g/mol. The molecule has 0 radical (unpaired) electrons. The lowest BCUT2D eigenvalue weighted by atomic mass is 10.0. The Bertz CT molecular complexity index is 507. The number of ether oxygens (including phenoxy) is 2. The van der Waals surface area contributed by atoms with Crippen LogP contribution in [0.5, 0.6) is 0 Å². The average molecular weight is 246 g/mol. The van der Waals surface area contributed by atoms with Crippen molar-refractivity contribution < 1.29 is 9.47 Å². The Morgan fingerprint density at radius 3 is 2.56 bits per heavy atom. The van der Waals surface area contributed by atoms with Gasteiger partial charge in [0, 0.05) is 25.8 Å². The second-order valence-electron chi connectivity index (χ2n) is 4.02. The van der Waals surface area contributed by atoms with E-state index in [2.05, 4.69) is 22.4 Å². The Labute approximate surface area is 107 Å². The number of aromatic nitrogens is 1. The average Bonchev–Trinajstić information content (AvgIpc) is 2.44. The van der Waals surface area contributed by atoms with Gasteiger partial charge in [0.2, 0.25) is 0 Å². The largest absolute Gasteiger partial charge is 0.354 e. The molecule has 1 N–H and O–H groups in total. The van der Waals surface area contributed by atoms with E-state index in [-0.39, 0.29) is 12.3 Å². The molecule has 1 aromatic heterocycles. The summed E-state index contributed by atoms with van der Waals surface area (Å²) in [4.78, 5) is 4.36. The molecule has 2 rings (SSSR count). The molecule has 0 amide bonds. The number of benzene rings is 1. The first-order chi connectivity index (χ1) is 8.81. The molecule has 96 valence electrons. The maximum atomic E-state index is 5.35. The van der Waals surface area contributed by atoms with Crippen LogP contribution in [0.3, 0.4) is 0 Å². The summed E-state index contributed by atoms with van der Waals surface area (Å²) in [6.45, 7) is 0. The third-order valence-electron chi connectivity index (χ3n) is 3.06. The molecule has 1 unspecified atom stereocenters. The van der Waals surface area contributed by atoms with E-state index in [9.17, 15) is 0 Å². The molecule has 1 atom stereocenters. The molecule has 1 aromatic carbocycles. The van der Waals surface area contributed by atoms with Gasteiger partial charge in [-0.05, 0) is 24.7 Å². The van der Waals surface area contributed by atoms with Gasteiger partial charge in [0.1, 0.15) is 0 Å². The summed E-state index contributed by atoms with van der Waals surface area (Å²) in [5.41, 5.74) is 2.10. The molecule has 0 aliphatic rings. The minimum absolute atomic E-state index is 0.0344. The second kappa shape index (κ2) is 5.91. The van der Waals surface area contributed by atoms with Gasteiger partial charge in [0.25, 0.3) is 0 Å². The summed E-state index contributed by atoms with van der Waals surface area (Å²) >= 11 is 0. The minimum atomic E-state index is -0.333. The van der Waals surface area contributed by atoms with Crippen LogP contribution in [0.2, 0.25) is 0 Å². The molecular formula is C14H18N2O2. The molecule has 0 spiro atoms. The van der Waals surface area contributed by atoms with Crippen LogP contribution in [0, 0.1) is 0 Å². The van der Waals surface area contributed by atoms with Gasteiger partial charge in [-0.15, -0.1) is 0 Å². The zero-order valence-electron chi connectivity index (χ0n) is 10.9. The van der Waals surface area contributed by atoms with Crippen LogP contribution in [-0.2, 0) is 9.47 Å². The molecule has 0 saturated carbocycles. The summed E-state index contributed by atoms with van der Waals surface area (Å²) in [6.07, 6.45) is 1.46. The van der Waals surface area contributed by atoms with Crippen LogP contribution in [0.25, 0.3) is 10.9 Å². The zero-order chi connectivity index (χ0) is 13.0. The SMILES string of the molecule is CNC(c1cccc2ncccc12)C(OC)OC. The lowest BCUT2D eigenvalue weighted by Gasteiger charge is -2.25. The number of methoxy groups -OCH3 is 2. The van der Waals surface area contributed by atoms with E-state index < -0.39 is 0 Å². The van der Waals surface area contributed by atoms with Crippen LogP contribution in [-0.4, -0.2) is 32.5 Å². The predicted molar refractivity (Wildman–Crippen MR) is 71.3 cm³/mol. The second-order valence-corrected chi connectivity index (χ2v) is 4.02. The molecule has 0 bridgehead atoms. The van der Waals surface area contributed by atoms with Crippen LogP contribution in [0.1, 0.15) is 11.6 Å². The van der Waals surface area contributed by atoms with E-state index in [0.717, 1.165) is 16.5 Å². The Hall–Kier alpha value is -1.49. The zero-order valence-corrected chi connectivity index (χ0v) is 10.9. The number of nitrogens with one attached hydrogen (secondary N) is 1. The molecule has 0 aliphatic heterocycles. The molecule has 2 aromatic rings. The monoisotopic (exact) mass is 246 g/mol. The standard InChI is InChI=1S/C14H18N2O2/c1-15-13(14(17-2)18-3)11-6-4-8-12-10(11)7-5-9-16-12/h4-9,13-15H,1-3H3. The van der Waals surface area contributed by atoms with Crippen molar-refractivity contribution in [2.75, 3.05) is 21.3 Å². The third kappa shape index (κ3) is 2.36. The topological polar surface area (TPSA) is 43.4 Å². The summed E-state index contributed by atoms with van der Waals surface area (Å²) in [5, 5.41) is 4.34. The predicted octanol–water partition coefficient (Wildman–Crippen LogP) is 2.11. The normalized spacial score (nSPS) is 13.1. The highest BCUT2D eigenvalue weighted by atomic mass is 16.7. The van der Waals surface area contributed by atoms with E-state index in [1.54, 1.807) is 20.4 Å². The Balaban J connectivity index is 2.51. The fourth-order valence-corrected chi connectivity index (χ4v) is 2.20. The van der Waals surface area contributed by atoms with Gasteiger partial charge in [-0.25, -0.2) is 0 Å². The number of pyridine rings is 1. The third-order valence-corrected chi connectivity index (χ3v) is 3.06. The van der Waals surface area contributed by atoms with Gasteiger partial charge in [-0.3, -0.25) is 4.98 Å². The highest BCUT2D eigenvalue weighted by Crippen LogP contribution is 2.26. The summed E-state index contributed by atoms with van der Waals surface area (Å²) < 4.78 is 10.7. The number of hydrogen-bond donors (Lipinski definition) is 1. The first kappa shape index (κ1) is 13.0. The van der Waals surface area contributed by atoms with Gasteiger partial charge in [-0.2, -0.15) is 0 Å². The number of fused-ring (bicyclic) bond motifs is 1. The van der Waals surface area contributed by atoms with E-state index in [1.807, 2.05) is 25.2 Å². The molecule has 4 nitrogen and oxygen atoms in total. The van der Waals surface area contributed by atoms with Crippen molar-refractivity contribution in [1.82, 2.24) is 10.3 Å². The lowest BCUT2D eigenvalue weighted by Crippen LogP contribution is -2.32. The maximum Gasteiger partial charge on any atom is 0.176 e. The molecule has 0 fully saturated rings. The van der Waals surface area contributed by atoms with Crippen LogP contribution >= 0.6 is 0 Å². The van der Waals surface area contributed by atoms with Gasteiger partial charge in [0.05, 0.1) is 11.6 Å². The number of nitrogens with zero attached hydrogens (tertiary/aromatic N) is 1. The van der Waals surface area contributed by atoms with E-state index >= 15 is 0 Å². The fraction of sp³-hybridized carbons (Fsp3) is 0.357. The summed E-state index contributed by atoms with van der Waals surface area (Å²) in [7, 11) is 5.18. The lowest BCUT2D eigenvalue weighted by molar-refractivity contribution is -0.122. The van der Waals surface area contributed by atoms with E-state index in [0.29, 0.717) is 0 Å². The molecule has 4 heteroatoms. The van der Waals surface area contributed by atoms with Crippen molar-refractivity contribution in [3.8, 4) is 0 Å². The van der Waals surface area contributed by atoms with Gasteiger partial charge < -0.3 is 14.8 Å². The van der Waals surface area contributed by atoms with Crippen molar-refractivity contribution >= 4 is 10.9 Å². The summed E-state index contributed by atoms with van der Waals surface area (Å²) in [6, 6.07) is 10.0. The van der Waals surface area contributed by atoms with Crippen LogP contribution in [0.15, 0.2) is 36.5 Å². The number of likely N-dealkylation sites (N-methyl/N-ethyl adjacent to an activating group) is 1. The van der Waals surface area contributed by atoms with Gasteiger partial charge in [0.15, 0.2) is 6.29 Å². The quantitative estimate of drug-likeness (QED) is 0.821. The highest BCUT2D eigenvalue weighted by molar-refractivity contribution is 5.82. The summed E-state index contributed by atoms with van der Waals surface area (Å²) in [5.74, 6) is 0. The Kier molecular flexibility index (Phi) is 4.25. The smallest absolute Gasteiger partial charge is 0.176 e.